The molecule has 162 valence electrons. The number of non-ortho nitro benzene ring substituents is 1. The van der Waals surface area contributed by atoms with Gasteiger partial charge in [0.25, 0.3) is 5.69 Å². The van der Waals surface area contributed by atoms with Crippen molar-refractivity contribution in [1.29, 1.82) is 0 Å². The monoisotopic (exact) mass is 653 g/mol. The van der Waals surface area contributed by atoms with Gasteiger partial charge < -0.3 is 9.30 Å². The highest BCUT2D eigenvalue weighted by atomic mass is 127. The van der Waals surface area contributed by atoms with E-state index in [0.717, 1.165) is 35.1 Å². The summed E-state index contributed by atoms with van der Waals surface area (Å²) in [6.45, 7) is 0.325. The number of ether oxygens (including phenoxy) is 1. The smallest absolute Gasteiger partial charge is 0.269 e. The van der Waals surface area contributed by atoms with Gasteiger partial charge in [-0.25, -0.2) is 10.4 Å². The van der Waals surface area contributed by atoms with Gasteiger partial charge in [0.15, 0.2) is 0 Å². The highest BCUT2D eigenvalue weighted by molar-refractivity contribution is 14.1. The molecule has 0 amide bonds. The van der Waals surface area contributed by atoms with Crippen molar-refractivity contribution >= 4 is 74.1 Å². The van der Waals surface area contributed by atoms with Crippen molar-refractivity contribution in [3.05, 3.63) is 89.0 Å². The van der Waals surface area contributed by atoms with Gasteiger partial charge in [-0.05, 0) is 92.7 Å². The molecule has 3 aromatic carbocycles. The van der Waals surface area contributed by atoms with Crippen molar-refractivity contribution in [1.82, 2.24) is 9.55 Å². The van der Waals surface area contributed by atoms with Crippen LogP contribution in [0.25, 0.3) is 11.0 Å². The number of aromatic nitrogens is 2. The molecule has 0 unspecified atom stereocenters. The maximum atomic E-state index is 10.8. The third kappa shape index (κ3) is 5.01. The number of halogens is 2. The Morgan fingerprint density at radius 2 is 1.84 bits per heavy atom. The quantitative estimate of drug-likeness (QED) is 0.119. The van der Waals surface area contributed by atoms with Gasteiger partial charge in [0.2, 0.25) is 5.95 Å². The van der Waals surface area contributed by atoms with Crippen LogP contribution in [-0.4, -0.2) is 20.7 Å². The van der Waals surface area contributed by atoms with E-state index in [1.807, 2.05) is 48.0 Å². The van der Waals surface area contributed by atoms with Crippen molar-refractivity contribution in [2.24, 2.45) is 12.1 Å². The molecule has 0 radical (unpaired) electrons. The third-order valence-electron chi connectivity index (χ3n) is 4.72. The topological polar surface area (TPSA) is 94.6 Å². The molecule has 0 atom stereocenters. The van der Waals surface area contributed by atoms with E-state index in [2.05, 4.69) is 60.7 Å². The Morgan fingerprint density at radius 3 is 2.50 bits per heavy atom. The van der Waals surface area contributed by atoms with E-state index in [1.54, 1.807) is 18.3 Å². The molecule has 0 fully saturated rings. The van der Waals surface area contributed by atoms with E-state index in [1.165, 1.54) is 12.1 Å². The Labute approximate surface area is 211 Å². The first-order valence-corrected chi connectivity index (χ1v) is 11.6. The Morgan fingerprint density at radius 1 is 1.16 bits per heavy atom. The lowest BCUT2D eigenvalue weighted by atomic mass is 10.2. The molecular weight excluding hydrogens is 636 g/mol. The van der Waals surface area contributed by atoms with Gasteiger partial charge in [-0.1, -0.05) is 12.1 Å². The number of rotatable bonds is 7. The Balaban J connectivity index is 1.43. The Bertz CT molecular complexity index is 1300. The first-order chi connectivity index (χ1) is 15.4. The SMILES string of the molecule is Cn1c(N/N=C\c2cc(I)c(OCc3ccc([N+](=O)[O-])cc3)c(I)c2)nc2ccccc21. The van der Waals surface area contributed by atoms with Crippen molar-refractivity contribution in [3.63, 3.8) is 0 Å². The van der Waals surface area contributed by atoms with E-state index < -0.39 is 4.92 Å². The highest BCUT2D eigenvalue weighted by Crippen LogP contribution is 2.29. The minimum absolute atomic E-state index is 0.0637. The van der Waals surface area contributed by atoms with E-state index >= 15 is 0 Å². The number of nitro groups is 1. The molecule has 0 aliphatic heterocycles. The molecule has 0 spiro atoms. The van der Waals surface area contributed by atoms with Crippen LogP contribution in [0, 0.1) is 17.3 Å². The van der Waals surface area contributed by atoms with Gasteiger partial charge in [-0.15, -0.1) is 0 Å². The summed E-state index contributed by atoms with van der Waals surface area (Å²) in [6, 6.07) is 18.2. The Kier molecular flexibility index (Phi) is 6.89. The summed E-state index contributed by atoms with van der Waals surface area (Å²) in [5, 5.41) is 15.1. The van der Waals surface area contributed by atoms with Crippen molar-refractivity contribution < 1.29 is 9.66 Å². The number of anilines is 1. The third-order valence-corrected chi connectivity index (χ3v) is 6.32. The fourth-order valence-corrected chi connectivity index (χ4v) is 5.20. The zero-order valence-corrected chi connectivity index (χ0v) is 21.1. The van der Waals surface area contributed by atoms with Gasteiger partial charge in [0.05, 0.1) is 29.3 Å². The summed E-state index contributed by atoms with van der Waals surface area (Å²) in [7, 11) is 1.94. The standard InChI is InChI=1S/C22H17I2N5O3/c1-28-20-5-3-2-4-19(20)26-22(28)27-25-12-15-10-17(23)21(18(24)11-15)32-13-14-6-8-16(9-7-14)29(30)31/h2-12H,13H2,1H3,(H,26,27)/b25-12-. The molecule has 0 aliphatic carbocycles. The minimum atomic E-state index is -0.415. The molecule has 0 aliphatic rings. The number of hydrazone groups is 1. The van der Waals surface area contributed by atoms with Crippen LogP contribution in [0.3, 0.4) is 0 Å². The number of fused-ring (bicyclic) bond motifs is 1. The van der Waals surface area contributed by atoms with Crippen molar-refractivity contribution in [3.8, 4) is 5.75 Å². The predicted octanol–water partition coefficient (Wildman–Crippen LogP) is 5.72. The largest absolute Gasteiger partial charge is 0.487 e. The molecule has 32 heavy (non-hydrogen) atoms. The highest BCUT2D eigenvalue weighted by Gasteiger charge is 2.10. The van der Waals surface area contributed by atoms with Crippen LogP contribution in [0.15, 0.2) is 65.8 Å². The molecule has 0 saturated heterocycles. The van der Waals surface area contributed by atoms with E-state index in [-0.39, 0.29) is 5.69 Å². The van der Waals surface area contributed by atoms with Gasteiger partial charge in [-0.2, -0.15) is 5.10 Å². The van der Waals surface area contributed by atoms with E-state index in [0.29, 0.717) is 12.6 Å². The molecule has 10 heteroatoms. The number of para-hydroxylation sites is 2. The van der Waals surface area contributed by atoms with Gasteiger partial charge in [-0.3, -0.25) is 10.1 Å². The zero-order valence-electron chi connectivity index (χ0n) is 16.8. The summed E-state index contributed by atoms with van der Waals surface area (Å²) in [6.07, 6.45) is 1.74. The van der Waals surface area contributed by atoms with Crippen LogP contribution in [0.4, 0.5) is 11.6 Å². The number of imidazole rings is 1. The minimum Gasteiger partial charge on any atom is -0.487 e. The lowest BCUT2D eigenvalue weighted by molar-refractivity contribution is -0.384. The number of benzene rings is 3. The molecule has 8 nitrogen and oxygen atoms in total. The Hall–Kier alpha value is -2.74. The maximum Gasteiger partial charge on any atom is 0.269 e. The summed E-state index contributed by atoms with van der Waals surface area (Å²) < 4.78 is 9.82. The molecule has 4 aromatic rings. The number of hydrogen-bond donors (Lipinski definition) is 1. The average Bonchev–Trinajstić information content (AvgIpc) is 3.09. The second-order valence-corrected chi connectivity index (χ2v) is 9.20. The number of nitrogens with one attached hydrogen (secondary N) is 1. The average molecular weight is 653 g/mol. The summed E-state index contributed by atoms with van der Waals surface area (Å²) in [5.41, 5.74) is 6.79. The molecule has 1 aromatic heterocycles. The normalized spacial score (nSPS) is 11.2. The summed E-state index contributed by atoms with van der Waals surface area (Å²) >= 11 is 4.46. The second-order valence-electron chi connectivity index (χ2n) is 6.88. The van der Waals surface area contributed by atoms with Crippen molar-refractivity contribution in [2.45, 2.75) is 6.61 Å². The van der Waals surface area contributed by atoms with Gasteiger partial charge in [0.1, 0.15) is 12.4 Å². The molecule has 1 heterocycles. The number of hydrogen-bond acceptors (Lipinski definition) is 6. The lowest BCUT2D eigenvalue weighted by Crippen LogP contribution is -2.01. The first kappa shape index (κ1) is 22.5. The fourth-order valence-electron chi connectivity index (χ4n) is 3.07. The van der Waals surface area contributed by atoms with E-state index in [9.17, 15) is 10.1 Å². The van der Waals surface area contributed by atoms with Crippen LogP contribution in [0.2, 0.25) is 0 Å². The number of nitro benzene ring substituents is 1. The number of nitrogens with zero attached hydrogens (tertiary/aromatic N) is 4. The zero-order chi connectivity index (χ0) is 22.7. The molecule has 1 N–H and O–H groups in total. The fraction of sp³-hybridized carbons (Fsp3) is 0.0909. The molecule has 0 saturated carbocycles. The second kappa shape index (κ2) is 9.81. The van der Waals surface area contributed by atoms with E-state index in [4.69, 9.17) is 4.74 Å². The van der Waals surface area contributed by atoms with Gasteiger partial charge in [0, 0.05) is 19.2 Å². The van der Waals surface area contributed by atoms with Crippen LogP contribution in [0.1, 0.15) is 11.1 Å². The lowest BCUT2D eigenvalue weighted by Gasteiger charge is -2.11. The van der Waals surface area contributed by atoms with Crippen LogP contribution in [-0.2, 0) is 13.7 Å². The number of aryl methyl sites for hydroxylation is 1. The van der Waals surface area contributed by atoms with Crippen molar-refractivity contribution in [2.75, 3.05) is 5.43 Å². The summed E-state index contributed by atoms with van der Waals surface area (Å²) in [5.74, 6) is 1.43. The van der Waals surface area contributed by atoms with Crippen LogP contribution < -0.4 is 10.2 Å². The summed E-state index contributed by atoms with van der Waals surface area (Å²) in [4.78, 5) is 14.9. The van der Waals surface area contributed by atoms with Crippen LogP contribution >= 0.6 is 45.2 Å². The molecule has 0 bridgehead atoms. The van der Waals surface area contributed by atoms with Gasteiger partial charge >= 0.3 is 0 Å². The predicted molar refractivity (Wildman–Crippen MR) is 141 cm³/mol. The maximum absolute atomic E-state index is 10.8. The molecular formula is C22H17I2N5O3. The molecule has 4 rings (SSSR count). The first-order valence-electron chi connectivity index (χ1n) is 9.48. The van der Waals surface area contributed by atoms with Crippen LogP contribution in [0.5, 0.6) is 5.75 Å².